The Balaban J connectivity index is 1.76. The summed E-state index contributed by atoms with van der Waals surface area (Å²) in [7, 11) is 3.12. The van der Waals surface area contributed by atoms with E-state index in [2.05, 4.69) is 5.32 Å². The summed E-state index contributed by atoms with van der Waals surface area (Å²) in [6, 6.07) is 11.3. The number of benzene rings is 2. The van der Waals surface area contributed by atoms with Gasteiger partial charge in [0.1, 0.15) is 12.3 Å². The topological polar surface area (TPSA) is 84.2 Å². The second-order valence-corrected chi connectivity index (χ2v) is 8.78. The summed E-state index contributed by atoms with van der Waals surface area (Å²) >= 11 is 0. The largest absolute Gasteiger partial charge is 0.493 e. The van der Waals surface area contributed by atoms with E-state index in [0.29, 0.717) is 36.6 Å². The normalized spacial score (nSPS) is 11.5. The van der Waals surface area contributed by atoms with Crippen LogP contribution in [0.3, 0.4) is 0 Å². The maximum absolute atomic E-state index is 13.6. The molecule has 1 unspecified atom stereocenters. The molecule has 0 aliphatic rings. The van der Waals surface area contributed by atoms with Crippen molar-refractivity contribution in [3.05, 3.63) is 77.8 Å². The van der Waals surface area contributed by atoms with Crippen molar-refractivity contribution < 1.29 is 32.3 Å². The molecule has 0 saturated carbocycles. The molecule has 3 rings (SSSR count). The molecule has 2 aromatic carbocycles. The lowest BCUT2D eigenvalue weighted by Gasteiger charge is -2.31. The number of hydrogen-bond donors (Lipinski definition) is 1. The van der Waals surface area contributed by atoms with Gasteiger partial charge in [-0.3, -0.25) is 4.79 Å². The van der Waals surface area contributed by atoms with Crippen molar-refractivity contribution in [3.63, 3.8) is 0 Å². The number of hydrogen-bond acceptors (Lipinski definition) is 5. The first-order valence-corrected chi connectivity index (χ1v) is 12.3. The van der Waals surface area contributed by atoms with E-state index in [1.54, 1.807) is 37.3 Å². The fourth-order valence-corrected chi connectivity index (χ4v) is 3.85. The van der Waals surface area contributed by atoms with Crippen LogP contribution in [0.4, 0.5) is 19.3 Å². The van der Waals surface area contributed by atoms with Gasteiger partial charge in [0.15, 0.2) is 23.1 Å². The van der Waals surface area contributed by atoms with Gasteiger partial charge in [-0.1, -0.05) is 13.0 Å². The lowest BCUT2D eigenvalue weighted by Crippen LogP contribution is -2.48. The first-order chi connectivity index (χ1) is 18.2. The summed E-state index contributed by atoms with van der Waals surface area (Å²) in [6.07, 6.45) is 2.65. The number of amides is 3. The Hall–Kier alpha value is -4.08. The Morgan fingerprint density at radius 1 is 1.03 bits per heavy atom. The quantitative estimate of drug-likeness (QED) is 0.336. The zero-order chi connectivity index (χ0) is 27.7. The summed E-state index contributed by atoms with van der Waals surface area (Å²) in [5.41, 5.74) is 1.03. The van der Waals surface area contributed by atoms with Crippen molar-refractivity contribution in [2.45, 2.75) is 39.3 Å². The Morgan fingerprint density at radius 3 is 2.42 bits per heavy atom. The predicted octanol–water partition coefficient (Wildman–Crippen LogP) is 5.48. The van der Waals surface area contributed by atoms with Crippen molar-refractivity contribution in [2.75, 3.05) is 32.6 Å². The van der Waals surface area contributed by atoms with Crippen LogP contribution >= 0.6 is 0 Å². The molecule has 0 aliphatic carbocycles. The van der Waals surface area contributed by atoms with Crippen molar-refractivity contribution >= 4 is 17.6 Å². The molecule has 1 aromatic heterocycles. The van der Waals surface area contributed by atoms with Crippen molar-refractivity contribution in [3.8, 4) is 11.5 Å². The number of carbonyl (C=O) groups excluding carboxylic acids is 2. The van der Waals surface area contributed by atoms with Crippen LogP contribution in [0.5, 0.6) is 11.5 Å². The standard InChI is InChI=1S/C28H33F2N3O5/c1-5-19(2)33(28(35)31-21-9-10-23(29)24(30)16-21)18-27(34)32(17-22-7-6-14-38-22)13-12-20-8-11-25(36-3)26(15-20)37-4/h6-11,14-16,19H,5,12-13,17-18H2,1-4H3,(H,31,35). The first-order valence-electron chi connectivity index (χ1n) is 12.3. The number of nitrogens with one attached hydrogen (secondary N) is 1. The number of rotatable bonds is 12. The van der Waals surface area contributed by atoms with E-state index in [1.807, 2.05) is 26.0 Å². The van der Waals surface area contributed by atoms with Crippen molar-refractivity contribution in [1.82, 2.24) is 9.80 Å². The number of ether oxygens (including phenoxy) is 2. The Morgan fingerprint density at radius 2 is 1.79 bits per heavy atom. The van der Waals surface area contributed by atoms with E-state index in [-0.39, 0.29) is 30.7 Å². The first kappa shape index (κ1) is 28.5. The van der Waals surface area contributed by atoms with Gasteiger partial charge in [-0.05, 0) is 61.7 Å². The van der Waals surface area contributed by atoms with Crippen LogP contribution in [-0.2, 0) is 17.8 Å². The van der Waals surface area contributed by atoms with Crippen LogP contribution in [-0.4, -0.2) is 55.1 Å². The number of halogens is 2. The van der Waals surface area contributed by atoms with Crippen LogP contribution in [0.2, 0.25) is 0 Å². The molecule has 0 fully saturated rings. The number of urea groups is 1. The molecule has 204 valence electrons. The molecule has 0 radical (unpaired) electrons. The predicted molar refractivity (Wildman–Crippen MR) is 139 cm³/mol. The second-order valence-electron chi connectivity index (χ2n) is 8.78. The highest BCUT2D eigenvalue weighted by Gasteiger charge is 2.26. The number of furan rings is 1. The van der Waals surface area contributed by atoms with Gasteiger partial charge in [0.25, 0.3) is 0 Å². The minimum Gasteiger partial charge on any atom is -0.493 e. The van der Waals surface area contributed by atoms with E-state index in [0.717, 1.165) is 17.7 Å². The van der Waals surface area contributed by atoms with Gasteiger partial charge in [0, 0.05) is 24.3 Å². The van der Waals surface area contributed by atoms with Crippen LogP contribution < -0.4 is 14.8 Å². The minimum absolute atomic E-state index is 0.0931. The molecule has 10 heteroatoms. The van der Waals surface area contributed by atoms with Crippen LogP contribution in [0.15, 0.2) is 59.2 Å². The smallest absolute Gasteiger partial charge is 0.322 e. The molecular formula is C28H33F2N3O5. The summed E-state index contributed by atoms with van der Waals surface area (Å²) in [5, 5.41) is 2.56. The molecule has 0 spiro atoms. The lowest BCUT2D eigenvalue weighted by atomic mass is 10.1. The second kappa shape index (κ2) is 13.5. The third-order valence-electron chi connectivity index (χ3n) is 6.26. The summed E-state index contributed by atoms with van der Waals surface area (Å²) < 4.78 is 43.1. The molecule has 0 saturated heterocycles. The molecule has 1 N–H and O–H groups in total. The minimum atomic E-state index is -1.08. The van der Waals surface area contributed by atoms with E-state index in [9.17, 15) is 18.4 Å². The number of anilines is 1. The summed E-state index contributed by atoms with van der Waals surface area (Å²) in [5.74, 6) is -0.579. The van der Waals surface area contributed by atoms with E-state index in [4.69, 9.17) is 13.9 Å². The zero-order valence-electron chi connectivity index (χ0n) is 22.0. The Bertz CT molecular complexity index is 1220. The fraction of sp³-hybridized carbons (Fsp3) is 0.357. The van der Waals surface area contributed by atoms with Gasteiger partial charge < -0.3 is 29.0 Å². The lowest BCUT2D eigenvalue weighted by molar-refractivity contribution is -0.133. The molecule has 0 bridgehead atoms. The summed E-state index contributed by atoms with van der Waals surface area (Å²) in [6.45, 7) is 4.08. The van der Waals surface area contributed by atoms with Crippen molar-refractivity contribution in [1.29, 1.82) is 0 Å². The van der Waals surface area contributed by atoms with Gasteiger partial charge in [-0.25, -0.2) is 13.6 Å². The van der Waals surface area contributed by atoms with Gasteiger partial charge in [0.05, 0.1) is 27.0 Å². The van der Waals surface area contributed by atoms with Gasteiger partial charge >= 0.3 is 6.03 Å². The third kappa shape index (κ3) is 7.47. The van der Waals surface area contributed by atoms with E-state index in [1.165, 1.54) is 17.2 Å². The average molecular weight is 530 g/mol. The molecule has 3 amide bonds. The number of carbonyl (C=O) groups is 2. The Labute approximate surface area is 221 Å². The number of methoxy groups -OCH3 is 2. The van der Waals surface area contributed by atoms with Crippen LogP contribution in [0, 0.1) is 11.6 Å². The SMILES string of the molecule is CCC(C)N(CC(=O)N(CCc1ccc(OC)c(OC)c1)Cc1ccco1)C(=O)Nc1ccc(F)c(F)c1. The highest BCUT2D eigenvalue weighted by Crippen LogP contribution is 2.28. The van der Waals surface area contributed by atoms with Gasteiger partial charge in [-0.2, -0.15) is 0 Å². The maximum atomic E-state index is 13.6. The highest BCUT2D eigenvalue weighted by molar-refractivity contribution is 5.92. The van der Waals surface area contributed by atoms with E-state index >= 15 is 0 Å². The third-order valence-corrected chi connectivity index (χ3v) is 6.26. The highest BCUT2D eigenvalue weighted by atomic mass is 19.2. The zero-order valence-corrected chi connectivity index (χ0v) is 22.0. The number of nitrogens with zero attached hydrogens (tertiary/aromatic N) is 2. The molecule has 38 heavy (non-hydrogen) atoms. The molecule has 1 atom stereocenters. The molecule has 3 aromatic rings. The molecule has 0 aliphatic heterocycles. The van der Waals surface area contributed by atoms with Gasteiger partial charge in [0.2, 0.25) is 5.91 Å². The van der Waals surface area contributed by atoms with Crippen LogP contribution in [0.1, 0.15) is 31.6 Å². The van der Waals surface area contributed by atoms with E-state index < -0.39 is 17.7 Å². The molecule has 1 heterocycles. The average Bonchev–Trinajstić information content (AvgIpc) is 3.44. The monoisotopic (exact) mass is 529 g/mol. The van der Waals surface area contributed by atoms with Crippen molar-refractivity contribution in [2.24, 2.45) is 0 Å². The van der Waals surface area contributed by atoms with Crippen LogP contribution in [0.25, 0.3) is 0 Å². The molecule has 8 nitrogen and oxygen atoms in total. The maximum Gasteiger partial charge on any atom is 0.322 e. The Kier molecular flexibility index (Phi) is 10.1. The fourth-order valence-electron chi connectivity index (χ4n) is 3.85. The summed E-state index contributed by atoms with van der Waals surface area (Å²) in [4.78, 5) is 29.6. The molecular weight excluding hydrogens is 496 g/mol. The van der Waals surface area contributed by atoms with Gasteiger partial charge in [-0.15, -0.1) is 0 Å².